The fourth-order valence-corrected chi connectivity index (χ4v) is 4.63. The number of benzene rings is 2. The standard InChI is InChI=1S/C25H26N6O2/c1-16-27-19-11-5-6-12-20(19)31(16)15-21(32)30-13-7-10-18(14-30)25-28-22(23(29-25)24(26)33)17-8-3-2-4-9-17/h2-6,8-9,11-12,18H,7,10,13-15H2,1H3,(H2,26,33)(H,28,29)/t18-/m1/s1. The van der Waals surface area contributed by atoms with Gasteiger partial charge in [0.15, 0.2) is 0 Å². The molecule has 8 heteroatoms. The molecule has 1 atom stereocenters. The van der Waals surface area contributed by atoms with Crippen LogP contribution in [0.15, 0.2) is 54.6 Å². The Hall–Kier alpha value is -3.94. The van der Waals surface area contributed by atoms with E-state index >= 15 is 0 Å². The van der Waals surface area contributed by atoms with Crippen LogP contribution in [0.3, 0.4) is 0 Å². The number of para-hydroxylation sites is 2. The number of hydrogen-bond acceptors (Lipinski definition) is 4. The largest absolute Gasteiger partial charge is 0.364 e. The Balaban J connectivity index is 1.37. The number of nitrogens with zero attached hydrogens (tertiary/aromatic N) is 4. The fourth-order valence-electron chi connectivity index (χ4n) is 4.63. The molecule has 3 N–H and O–H groups in total. The lowest BCUT2D eigenvalue weighted by atomic mass is 9.97. The Morgan fingerprint density at radius 2 is 1.85 bits per heavy atom. The first kappa shape index (κ1) is 20.9. The van der Waals surface area contributed by atoms with Crippen molar-refractivity contribution >= 4 is 22.8 Å². The number of aromatic amines is 1. The minimum atomic E-state index is -0.543. The lowest BCUT2D eigenvalue weighted by molar-refractivity contribution is -0.133. The quantitative estimate of drug-likeness (QED) is 0.494. The van der Waals surface area contributed by atoms with Gasteiger partial charge in [-0.2, -0.15) is 0 Å². The van der Waals surface area contributed by atoms with E-state index < -0.39 is 5.91 Å². The summed E-state index contributed by atoms with van der Waals surface area (Å²) in [6.45, 7) is 3.42. The van der Waals surface area contributed by atoms with Crippen molar-refractivity contribution in [1.29, 1.82) is 0 Å². The molecule has 2 aromatic carbocycles. The number of nitrogens with two attached hydrogens (primary N) is 1. The zero-order valence-corrected chi connectivity index (χ0v) is 18.5. The average molecular weight is 443 g/mol. The van der Waals surface area contributed by atoms with Crippen LogP contribution in [0.2, 0.25) is 0 Å². The van der Waals surface area contributed by atoms with E-state index in [-0.39, 0.29) is 18.4 Å². The molecule has 3 heterocycles. The van der Waals surface area contributed by atoms with Gasteiger partial charge in [-0.3, -0.25) is 9.59 Å². The smallest absolute Gasteiger partial charge is 0.267 e. The molecule has 0 radical (unpaired) electrons. The topological polar surface area (TPSA) is 110 Å². The number of aryl methyl sites for hydroxylation is 1. The molecule has 4 aromatic rings. The minimum Gasteiger partial charge on any atom is -0.364 e. The first-order valence-corrected chi connectivity index (χ1v) is 11.2. The van der Waals surface area contributed by atoms with Crippen LogP contribution >= 0.6 is 0 Å². The van der Waals surface area contributed by atoms with E-state index in [1.165, 1.54) is 0 Å². The lowest BCUT2D eigenvalue weighted by Gasteiger charge is -2.32. The molecule has 1 aliphatic rings. The number of hydrogen-bond donors (Lipinski definition) is 2. The summed E-state index contributed by atoms with van der Waals surface area (Å²) in [5.41, 5.74) is 9.17. The molecule has 2 amide bonds. The van der Waals surface area contributed by atoms with Crippen molar-refractivity contribution in [3.8, 4) is 11.3 Å². The third-order valence-corrected chi connectivity index (χ3v) is 6.32. The molecule has 1 aliphatic heterocycles. The third kappa shape index (κ3) is 4.00. The number of primary amides is 1. The molecule has 0 spiro atoms. The second-order valence-corrected chi connectivity index (χ2v) is 8.49. The number of carbonyl (C=O) groups excluding carboxylic acids is 2. The van der Waals surface area contributed by atoms with Crippen molar-refractivity contribution < 1.29 is 9.59 Å². The van der Waals surface area contributed by atoms with Gasteiger partial charge in [0.25, 0.3) is 5.91 Å². The zero-order valence-electron chi connectivity index (χ0n) is 18.5. The number of fused-ring (bicyclic) bond motifs is 1. The van der Waals surface area contributed by atoms with E-state index in [2.05, 4.69) is 9.97 Å². The maximum absolute atomic E-state index is 13.2. The van der Waals surface area contributed by atoms with Gasteiger partial charge >= 0.3 is 0 Å². The van der Waals surface area contributed by atoms with Gasteiger partial charge in [-0.15, -0.1) is 0 Å². The minimum absolute atomic E-state index is 0.0129. The third-order valence-electron chi connectivity index (χ3n) is 6.32. The first-order valence-electron chi connectivity index (χ1n) is 11.2. The van der Waals surface area contributed by atoms with Crippen molar-refractivity contribution in [1.82, 2.24) is 24.4 Å². The van der Waals surface area contributed by atoms with Gasteiger partial charge in [0.1, 0.15) is 29.6 Å². The van der Waals surface area contributed by atoms with Gasteiger partial charge in [0.05, 0.1) is 11.0 Å². The average Bonchev–Trinajstić information content (AvgIpc) is 3.42. The Labute approximate surface area is 191 Å². The molecule has 1 saturated heterocycles. The molecule has 2 aromatic heterocycles. The Kier molecular flexibility index (Phi) is 5.42. The van der Waals surface area contributed by atoms with Crippen LogP contribution in [0.25, 0.3) is 22.3 Å². The molecule has 1 fully saturated rings. The second-order valence-electron chi connectivity index (χ2n) is 8.49. The number of likely N-dealkylation sites (tertiary alicyclic amines) is 1. The van der Waals surface area contributed by atoms with E-state index in [1.807, 2.05) is 71.0 Å². The number of nitrogens with one attached hydrogen (secondary N) is 1. The summed E-state index contributed by atoms with van der Waals surface area (Å²) >= 11 is 0. The molecule has 0 aliphatic carbocycles. The van der Waals surface area contributed by atoms with Crippen LogP contribution in [0.4, 0.5) is 0 Å². The van der Waals surface area contributed by atoms with Crippen molar-refractivity contribution in [2.24, 2.45) is 5.73 Å². The highest BCUT2D eigenvalue weighted by molar-refractivity contribution is 5.97. The molecular formula is C25H26N6O2. The summed E-state index contributed by atoms with van der Waals surface area (Å²) < 4.78 is 1.97. The van der Waals surface area contributed by atoms with E-state index in [1.54, 1.807) is 0 Å². The number of aromatic nitrogens is 4. The summed E-state index contributed by atoms with van der Waals surface area (Å²) in [7, 11) is 0. The monoisotopic (exact) mass is 442 g/mol. The van der Waals surface area contributed by atoms with E-state index in [0.29, 0.717) is 30.3 Å². The molecule has 0 unspecified atom stereocenters. The highest BCUT2D eigenvalue weighted by atomic mass is 16.2. The van der Waals surface area contributed by atoms with Crippen LogP contribution in [-0.2, 0) is 11.3 Å². The van der Waals surface area contributed by atoms with Crippen LogP contribution in [0.1, 0.15) is 40.9 Å². The summed E-state index contributed by atoms with van der Waals surface area (Å²) in [6.07, 6.45) is 1.75. The number of amides is 2. The molecule has 0 saturated carbocycles. The lowest BCUT2D eigenvalue weighted by Crippen LogP contribution is -2.41. The SMILES string of the molecule is Cc1nc2ccccc2n1CC(=O)N1CCC[C@@H](c2nc(-c3ccccc3)c(C(N)=O)[nH]2)C1. The maximum Gasteiger partial charge on any atom is 0.267 e. The molecule has 5 rings (SSSR count). The van der Waals surface area contributed by atoms with Gasteiger partial charge in [0, 0.05) is 24.6 Å². The summed E-state index contributed by atoms with van der Waals surface area (Å²) in [4.78, 5) is 39.6. The number of H-pyrrole nitrogens is 1. The van der Waals surface area contributed by atoms with Gasteiger partial charge in [-0.1, -0.05) is 42.5 Å². The van der Waals surface area contributed by atoms with E-state index in [0.717, 1.165) is 35.3 Å². The van der Waals surface area contributed by atoms with E-state index in [9.17, 15) is 9.59 Å². The highest BCUT2D eigenvalue weighted by Gasteiger charge is 2.29. The summed E-state index contributed by atoms with van der Waals surface area (Å²) in [5, 5.41) is 0. The Bertz CT molecular complexity index is 1320. The van der Waals surface area contributed by atoms with Crippen molar-refractivity contribution in [3.63, 3.8) is 0 Å². The van der Waals surface area contributed by atoms with Crippen LogP contribution in [0, 0.1) is 6.92 Å². The van der Waals surface area contributed by atoms with Gasteiger partial charge in [-0.25, -0.2) is 9.97 Å². The van der Waals surface area contributed by atoms with Crippen molar-refractivity contribution in [2.45, 2.75) is 32.2 Å². The zero-order chi connectivity index (χ0) is 22.9. The van der Waals surface area contributed by atoms with Crippen molar-refractivity contribution in [2.75, 3.05) is 13.1 Å². The van der Waals surface area contributed by atoms with Gasteiger partial charge in [0.2, 0.25) is 5.91 Å². The fraction of sp³-hybridized carbons (Fsp3) is 0.280. The van der Waals surface area contributed by atoms with Crippen LogP contribution < -0.4 is 5.73 Å². The first-order chi connectivity index (χ1) is 16.0. The number of carbonyl (C=O) groups is 2. The van der Waals surface area contributed by atoms with Gasteiger partial charge < -0.3 is 20.2 Å². The Morgan fingerprint density at radius 1 is 1.09 bits per heavy atom. The second kappa shape index (κ2) is 8.54. The van der Waals surface area contributed by atoms with E-state index in [4.69, 9.17) is 10.7 Å². The number of rotatable bonds is 5. The highest BCUT2D eigenvalue weighted by Crippen LogP contribution is 2.29. The maximum atomic E-state index is 13.2. The van der Waals surface area contributed by atoms with Gasteiger partial charge in [-0.05, 0) is 31.9 Å². The predicted molar refractivity (Wildman–Crippen MR) is 126 cm³/mol. The predicted octanol–water partition coefficient (Wildman–Crippen LogP) is 3.24. The summed E-state index contributed by atoms with van der Waals surface area (Å²) in [6, 6.07) is 17.4. The Morgan fingerprint density at radius 3 is 2.64 bits per heavy atom. The van der Waals surface area contributed by atoms with Crippen molar-refractivity contribution in [3.05, 3.63) is 71.9 Å². The molecule has 0 bridgehead atoms. The molecule has 33 heavy (non-hydrogen) atoms. The van der Waals surface area contributed by atoms with Crippen LogP contribution in [0.5, 0.6) is 0 Å². The summed E-state index contributed by atoms with van der Waals surface area (Å²) in [5.74, 6) is 1.04. The van der Waals surface area contributed by atoms with Crippen LogP contribution in [-0.4, -0.2) is 49.3 Å². The number of imidazole rings is 2. The normalized spacial score (nSPS) is 16.3. The molecular weight excluding hydrogens is 416 g/mol. The molecule has 168 valence electrons. The number of piperidine rings is 1. The molecule has 8 nitrogen and oxygen atoms in total.